The molecule has 0 heterocycles. The lowest BCUT2D eigenvalue weighted by Crippen LogP contribution is -2.27. The average Bonchev–Trinajstić information content (AvgIpc) is 2.48. The highest BCUT2D eigenvalue weighted by molar-refractivity contribution is 6.31. The third-order valence-electron chi connectivity index (χ3n) is 3.23. The van der Waals surface area contributed by atoms with Gasteiger partial charge in [0.2, 0.25) is 0 Å². The Kier molecular flexibility index (Phi) is 4.94. The first-order chi connectivity index (χ1) is 10.7. The minimum absolute atomic E-state index is 0.184. The Morgan fingerprint density at radius 2 is 1.87 bits per heavy atom. The summed E-state index contributed by atoms with van der Waals surface area (Å²) in [7, 11) is 0. The van der Waals surface area contributed by atoms with Gasteiger partial charge in [-0.1, -0.05) is 23.7 Å². The zero-order valence-corrected chi connectivity index (χ0v) is 12.7. The van der Waals surface area contributed by atoms with Crippen molar-refractivity contribution in [2.75, 3.05) is 0 Å². The molecule has 0 bridgehead atoms. The van der Waals surface area contributed by atoms with Crippen LogP contribution in [0.4, 0.5) is 17.6 Å². The second-order valence-electron chi connectivity index (χ2n) is 4.94. The fourth-order valence-corrected chi connectivity index (χ4v) is 2.19. The number of benzene rings is 2. The molecule has 7 heteroatoms. The minimum Gasteiger partial charge on any atom is -0.345 e. The molecule has 2 rings (SSSR count). The van der Waals surface area contributed by atoms with Gasteiger partial charge in [-0.3, -0.25) is 4.79 Å². The molecule has 2 nitrogen and oxygen atoms in total. The zero-order chi connectivity index (χ0) is 17.2. The van der Waals surface area contributed by atoms with E-state index in [1.165, 1.54) is 25.1 Å². The van der Waals surface area contributed by atoms with Crippen molar-refractivity contribution >= 4 is 17.5 Å². The molecule has 0 radical (unpaired) electrons. The van der Waals surface area contributed by atoms with Crippen molar-refractivity contribution in [1.82, 2.24) is 5.32 Å². The molecule has 1 N–H and O–H groups in total. The molecule has 0 fully saturated rings. The van der Waals surface area contributed by atoms with E-state index in [2.05, 4.69) is 5.32 Å². The molecule has 0 aliphatic rings. The molecule has 0 aromatic heterocycles. The number of carbonyl (C=O) groups excluding carboxylic acids is 1. The molecule has 0 aliphatic heterocycles. The van der Waals surface area contributed by atoms with Crippen molar-refractivity contribution in [1.29, 1.82) is 0 Å². The van der Waals surface area contributed by atoms with Gasteiger partial charge in [-0.25, -0.2) is 4.39 Å². The Hall–Kier alpha value is -2.08. The van der Waals surface area contributed by atoms with Gasteiger partial charge in [-0.15, -0.1) is 0 Å². The van der Waals surface area contributed by atoms with Gasteiger partial charge in [0.25, 0.3) is 5.91 Å². The van der Waals surface area contributed by atoms with Crippen LogP contribution in [0, 0.1) is 5.82 Å². The SMILES string of the molecule is CC(NC(=O)c1cc(Cl)ccc1F)c1cccc(C(F)(F)F)c1. The predicted molar refractivity (Wildman–Crippen MR) is 78.7 cm³/mol. The Labute approximate surface area is 135 Å². The summed E-state index contributed by atoms with van der Waals surface area (Å²) in [6.45, 7) is 1.51. The number of rotatable bonds is 3. The van der Waals surface area contributed by atoms with E-state index in [-0.39, 0.29) is 16.1 Å². The van der Waals surface area contributed by atoms with Crippen LogP contribution in [0.3, 0.4) is 0 Å². The first-order valence-electron chi connectivity index (χ1n) is 6.61. The molecular formula is C16H12ClF4NO. The van der Waals surface area contributed by atoms with Gasteiger partial charge in [0, 0.05) is 5.02 Å². The van der Waals surface area contributed by atoms with Crippen LogP contribution in [-0.4, -0.2) is 5.91 Å². The molecule has 1 atom stereocenters. The molecule has 1 unspecified atom stereocenters. The fourth-order valence-electron chi connectivity index (χ4n) is 2.01. The smallest absolute Gasteiger partial charge is 0.345 e. The Morgan fingerprint density at radius 3 is 2.52 bits per heavy atom. The summed E-state index contributed by atoms with van der Waals surface area (Å²) in [4.78, 5) is 12.1. The van der Waals surface area contributed by atoms with Crippen molar-refractivity contribution < 1.29 is 22.4 Å². The zero-order valence-electron chi connectivity index (χ0n) is 11.9. The first kappa shape index (κ1) is 17.3. The molecule has 0 spiro atoms. The summed E-state index contributed by atoms with van der Waals surface area (Å²) >= 11 is 5.71. The Bertz CT molecular complexity index is 730. The maximum Gasteiger partial charge on any atom is 0.416 e. The van der Waals surface area contributed by atoms with Crippen LogP contribution in [0.5, 0.6) is 0 Å². The summed E-state index contributed by atoms with van der Waals surface area (Å²) < 4.78 is 51.7. The molecule has 0 saturated carbocycles. The predicted octanol–water partition coefficient (Wildman–Crippen LogP) is 4.99. The van der Waals surface area contributed by atoms with Gasteiger partial charge >= 0.3 is 6.18 Å². The van der Waals surface area contributed by atoms with Crippen LogP contribution in [0.15, 0.2) is 42.5 Å². The molecule has 122 valence electrons. The van der Waals surface area contributed by atoms with E-state index in [0.29, 0.717) is 0 Å². The Balaban J connectivity index is 2.20. The van der Waals surface area contributed by atoms with Crippen molar-refractivity contribution in [3.63, 3.8) is 0 Å². The minimum atomic E-state index is -4.47. The van der Waals surface area contributed by atoms with Crippen molar-refractivity contribution in [2.24, 2.45) is 0 Å². The van der Waals surface area contributed by atoms with E-state index >= 15 is 0 Å². The van der Waals surface area contributed by atoms with E-state index in [9.17, 15) is 22.4 Å². The van der Waals surface area contributed by atoms with Crippen molar-refractivity contribution in [3.8, 4) is 0 Å². The second-order valence-corrected chi connectivity index (χ2v) is 5.38. The topological polar surface area (TPSA) is 29.1 Å². The number of nitrogens with one attached hydrogen (secondary N) is 1. The van der Waals surface area contributed by atoms with Gasteiger partial charge in [0.05, 0.1) is 17.2 Å². The molecule has 1 amide bonds. The largest absolute Gasteiger partial charge is 0.416 e. The highest BCUT2D eigenvalue weighted by Gasteiger charge is 2.30. The lowest BCUT2D eigenvalue weighted by molar-refractivity contribution is -0.137. The normalized spacial score (nSPS) is 12.8. The standard InChI is InChI=1S/C16H12ClF4NO/c1-9(10-3-2-4-11(7-10)16(19,20)21)22-15(23)13-8-12(17)5-6-14(13)18/h2-9H,1H3,(H,22,23). The van der Waals surface area contributed by atoms with Gasteiger partial charge in [0.1, 0.15) is 5.82 Å². The summed E-state index contributed by atoms with van der Waals surface area (Å²) in [5.74, 6) is -1.52. The molecule has 2 aromatic rings. The van der Waals surface area contributed by atoms with Crippen LogP contribution in [-0.2, 0) is 6.18 Å². The molecule has 0 saturated heterocycles. The van der Waals surface area contributed by atoms with Crippen LogP contribution in [0.2, 0.25) is 5.02 Å². The van der Waals surface area contributed by atoms with Gasteiger partial charge in [-0.05, 0) is 42.8 Å². The van der Waals surface area contributed by atoms with Gasteiger partial charge in [-0.2, -0.15) is 13.2 Å². The number of hydrogen-bond donors (Lipinski definition) is 1. The van der Waals surface area contributed by atoms with E-state index in [1.54, 1.807) is 0 Å². The first-order valence-corrected chi connectivity index (χ1v) is 6.99. The van der Waals surface area contributed by atoms with E-state index in [0.717, 1.165) is 24.3 Å². The third kappa shape index (κ3) is 4.22. The summed E-state index contributed by atoms with van der Waals surface area (Å²) in [5, 5.41) is 2.64. The van der Waals surface area contributed by atoms with Crippen molar-refractivity contribution in [2.45, 2.75) is 19.1 Å². The van der Waals surface area contributed by atoms with Crippen LogP contribution in [0.25, 0.3) is 0 Å². The maximum atomic E-state index is 13.6. The quantitative estimate of drug-likeness (QED) is 0.780. The third-order valence-corrected chi connectivity index (χ3v) is 3.47. The lowest BCUT2D eigenvalue weighted by Gasteiger charge is -2.16. The number of amides is 1. The molecule has 23 heavy (non-hydrogen) atoms. The number of alkyl halides is 3. The van der Waals surface area contributed by atoms with Crippen LogP contribution in [0.1, 0.15) is 34.5 Å². The van der Waals surface area contributed by atoms with Crippen LogP contribution >= 0.6 is 11.6 Å². The van der Waals surface area contributed by atoms with E-state index < -0.39 is 29.5 Å². The molecule has 2 aromatic carbocycles. The fraction of sp³-hybridized carbons (Fsp3) is 0.188. The van der Waals surface area contributed by atoms with E-state index in [1.807, 2.05) is 0 Å². The monoisotopic (exact) mass is 345 g/mol. The van der Waals surface area contributed by atoms with Crippen LogP contribution < -0.4 is 5.32 Å². The number of halogens is 5. The summed E-state index contributed by atoms with van der Waals surface area (Å²) in [6, 6.07) is 7.35. The van der Waals surface area contributed by atoms with E-state index in [4.69, 9.17) is 11.6 Å². The lowest BCUT2D eigenvalue weighted by atomic mass is 10.0. The number of hydrogen-bond acceptors (Lipinski definition) is 1. The molecular weight excluding hydrogens is 334 g/mol. The maximum absolute atomic E-state index is 13.6. The average molecular weight is 346 g/mol. The summed E-state index contributed by atoms with van der Waals surface area (Å²) in [5.41, 5.74) is -0.822. The highest BCUT2D eigenvalue weighted by Crippen LogP contribution is 2.30. The van der Waals surface area contributed by atoms with Gasteiger partial charge in [0.15, 0.2) is 0 Å². The highest BCUT2D eigenvalue weighted by atomic mass is 35.5. The Morgan fingerprint density at radius 1 is 1.17 bits per heavy atom. The van der Waals surface area contributed by atoms with Crippen molar-refractivity contribution in [3.05, 3.63) is 70.0 Å². The van der Waals surface area contributed by atoms with Gasteiger partial charge < -0.3 is 5.32 Å². The second kappa shape index (κ2) is 6.58. The number of carbonyl (C=O) groups is 1. The molecule has 0 aliphatic carbocycles. The summed E-state index contributed by atoms with van der Waals surface area (Å²) in [6.07, 6.45) is -4.47.